The molecular weight excluding hydrogens is 384 g/mol. The molecule has 0 atom stereocenters. The van der Waals surface area contributed by atoms with E-state index in [9.17, 15) is 4.79 Å². The molecule has 1 aromatic heterocycles. The van der Waals surface area contributed by atoms with Gasteiger partial charge in [0.2, 0.25) is 0 Å². The van der Waals surface area contributed by atoms with Crippen molar-refractivity contribution in [2.45, 2.75) is 5.16 Å². The number of piperazine rings is 3. The third-order valence-electron chi connectivity index (χ3n) is 6.77. The zero-order valence-corrected chi connectivity index (χ0v) is 17.6. The lowest BCUT2D eigenvalue weighted by atomic mass is 10.1. The highest BCUT2D eigenvalue weighted by Gasteiger charge is 2.44. The summed E-state index contributed by atoms with van der Waals surface area (Å²) in [6.45, 7) is 14.1. The van der Waals surface area contributed by atoms with Crippen molar-refractivity contribution in [2.75, 3.05) is 89.7 Å². The summed E-state index contributed by atoms with van der Waals surface area (Å²) in [5.41, 5.74) is 0.423. The van der Waals surface area contributed by atoms with Crippen LogP contribution in [-0.4, -0.2) is 110 Å². The second-order valence-corrected chi connectivity index (χ2v) is 9.20. The van der Waals surface area contributed by atoms with Crippen molar-refractivity contribution in [3.05, 3.63) is 10.7 Å². The lowest BCUT2D eigenvalue weighted by Crippen LogP contribution is -2.73. The van der Waals surface area contributed by atoms with Gasteiger partial charge in [-0.05, 0) is 6.26 Å². The van der Waals surface area contributed by atoms with E-state index in [-0.39, 0.29) is 5.15 Å². The monoisotopic (exact) mass is 412 g/mol. The number of halogens is 1. The molecule has 0 saturated carbocycles. The number of carbonyl (C=O) groups is 1. The zero-order valence-electron chi connectivity index (χ0n) is 16.0. The average Bonchev–Trinajstić information content (AvgIpc) is 2.71. The molecule has 27 heavy (non-hydrogen) atoms. The van der Waals surface area contributed by atoms with Crippen LogP contribution in [0.1, 0.15) is 10.4 Å². The Morgan fingerprint density at radius 3 is 2.15 bits per heavy atom. The lowest BCUT2D eigenvalue weighted by Gasteiger charge is -2.53. The second-order valence-electron chi connectivity index (χ2n) is 8.07. The Balaban J connectivity index is 1.44. The normalized spacial score (nSPS) is 24.3. The first-order chi connectivity index (χ1) is 13.1. The van der Waals surface area contributed by atoms with Crippen LogP contribution in [0.5, 0.6) is 0 Å². The Hall–Kier alpha value is -0.930. The number of nitrogens with one attached hydrogen (secondary N) is 1. The Morgan fingerprint density at radius 1 is 1.00 bits per heavy atom. The fraction of sp³-hybridized carbons (Fsp3) is 0.722. The maximum atomic E-state index is 11.5. The van der Waals surface area contributed by atoms with Crippen molar-refractivity contribution in [2.24, 2.45) is 0 Å². The number of rotatable bonds is 3. The highest BCUT2D eigenvalue weighted by atomic mass is 35.5. The van der Waals surface area contributed by atoms with Crippen LogP contribution in [0.3, 0.4) is 0 Å². The molecule has 148 valence electrons. The first-order valence-electron chi connectivity index (χ1n) is 9.81. The van der Waals surface area contributed by atoms with Crippen LogP contribution in [0, 0.1) is 0 Å². The molecule has 9 heteroatoms. The largest absolute Gasteiger partial charge is 0.345 e. The van der Waals surface area contributed by atoms with Crippen molar-refractivity contribution < 1.29 is 13.8 Å². The van der Waals surface area contributed by atoms with Crippen molar-refractivity contribution in [1.82, 2.24) is 15.3 Å². The molecule has 4 heterocycles. The van der Waals surface area contributed by atoms with Gasteiger partial charge in [-0.3, -0.25) is 4.79 Å². The molecule has 3 aliphatic rings. The molecule has 1 aromatic rings. The quantitative estimate of drug-likeness (QED) is 0.260. The van der Waals surface area contributed by atoms with Crippen LogP contribution in [0.15, 0.2) is 5.16 Å². The second kappa shape index (κ2) is 7.83. The molecule has 0 aromatic carbocycles. The number of anilines is 1. The standard InChI is InChI=1S/C18H29ClN6OS/c1-27-18-21-16(19)15(14-26)17(22-18)23-4-8-25(9-5-23)12-10-24(11-13-25)6-2-20-3-7-24/h14,20H,2-13H2,1H3/q+2. The van der Waals surface area contributed by atoms with Gasteiger partial charge in [0.1, 0.15) is 37.1 Å². The molecule has 0 amide bonds. The van der Waals surface area contributed by atoms with Crippen molar-refractivity contribution >= 4 is 35.5 Å². The first kappa shape index (κ1) is 19.4. The van der Waals surface area contributed by atoms with Gasteiger partial charge in [-0.1, -0.05) is 23.4 Å². The van der Waals surface area contributed by atoms with Gasteiger partial charge < -0.3 is 19.2 Å². The maximum Gasteiger partial charge on any atom is 0.190 e. The molecular formula is C18H29ClN6OS+2. The summed E-state index contributed by atoms with van der Waals surface area (Å²) in [5, 5.41) is 4.38. The third-order valence-corrected chi connectivity index (χ3v) is 7.61. The average molecular weight is 413 g/mol. The maximum absolute atomic E-state index is 11.5. The van der Waals surface area contributed by atoms with Gasteiger partial charge in [0.25, 0.3) is 0 Å². The van der Waals surface area contributed by atoms with Crippen molar-refractivity contribution in [1.29, 1.82) is 0 Å². The van der Waals surface area contributed by atoms with Crippen molar-refractivity contribution in [3.8, 4) is 0 Å². The minimum absolute atomic E-state index is 0.261. The highest BCUT2D eigenvalue weighted by molar-refractivity contribution is 7.98. The predicted octanol–water partition coefficient (Wildman–Crippen LogP) is 0.735. The highest BCUT2D eigenvalue weighted by Crippen LogP contribution is 2.29. The summed E-state index contributed by atoms with van der Waals surface area (Å²) in [7, 11) is 0. The Labute approximate surface area is 170 Å². The molecule has 1 N–H and O–H groups in total. The van der Waals surface area contributed by atoms with E-state index < -0.39 is 0 Å². The number of carbonyl (C=O) groups excluding carboxylic acids is 1. The van der Waals surface area contributed by atoms with Gasteiger partial charge in [0.05, 0.1) is 44.8 Å². The molecule has 3 saturated heterocycles. The van der Waals surface area contributed by atoms with Crippen LogP contribution < -0.4 is 10.2 Å². The number of aldehydes is 1. The smallest absolute Gasteiger partial charge is 0.190 e. The Bertz CT molecular complexity index is 691. The summed E-state index contributed by atoms with van der Waals surface area (Å²) >= 11 is 7.68. The van der Waals surface area contributed by atoms with Crippen LogP contribution in [-0.2, 0) is 0 Å². The number of hydrogen-bond donors (Lipinski definition) is 1. The number of quaternary nitrogens is 2. The van der Waals surface area contributed by atoms with Gasteiger partial charge in [-0.25, -0.2) is 9.97 Å². The number of thioether (sulfide) groups is 1. The van der Waals surface area contributed by atoms with Gasteiger partial charge in [-0.15, -0.1) is 0 Å². The van der Waals surface area contributed by atoms with Crippen LogP contribution in [0.25, 0.3) is 0 Å². The van der Waals surface area contributed by atoms with E-state index in [4.69, 9.17) is 11.6 Å². The zero-order chi connectivity index (χ0) is 18.9. The van der Waals surface area contributed by atoms with Gasteiger partial charge in [0, 0.05) is 13.1 Å². The van der Waals surface area contributed by atoms with E-state index in [0.717, 1.165) is 45.6 Å². The van der Waals surface area contributed by atoms with E-state index in [1.807, 2.05) is 6.26 Å². The third kappa shape index (κ3) is 3.82. The summed E-state index contributed by atoms with van der Waals surface area (Å²) < 4.78 is 2.53. The van der Waals surface area contributed by atoms with Gasteiger partial charge >= 0.3 is 0 Å². The molecule has 3 fully saturated rings. The van der Waals surface area contributed by atoms with E-state index in [0.29, 0.717) is 16.5 Å². The van der Waals surface area contributed by atoms with E-state index in [1.165, 1.54) is 60.0 Å². The number of nitrogens with zero attached hydrogens (tertiary/aromatic N) is 5. The predicted molar refractivity (Wildman–Crippen MR) is 109 cm³/mol. The Morgan fingerprint density at radius 2 is 1.59 bits per heavy atom. The first-order valence-corrected chi connectivity index (χ1v) is 11.4. The van der Waals surface area contributed by atoms with E-state index in [2.05, 4.69) is 20.2 Å². The van der Waals surface area contributed by atoms with Gasteiger partial charge in [-0.2, -0.15) is 0 Å². The molecule has 2 spiro atoms. The molecule has 0 aliphatic carbocycles. The topological polar surface area (TPSA) is 58.1 Å². The van der Waals surface area contributed by atoms with Crippen molar-refractivity contribution in [3.63, 3.8) is 0 Å². The van der Waals surface area contributed by atoms with Crippen LogP contribution >= 0.6 is 23.4 Å². The molecule has 3 aliphatic heterocycles. The molecule has 0 radical (unpaired) electrons. The summed E-state index contributed by atoms with van der Waals surface area (Å²) in [5.74, 6) is 0.704. The lowest BCUT2D eigenvalue weighted by molar-refractivity contribution is -1.03. The summed E-state index contributed by atoms with van der Waals surface area (Å²) in [6.07, 6.45) is 2.72. The molecule has 0 bridgehead atoms. The summed E-state index contributed by atoms with van der Waals surface area (Å²) in [6, 6.07) is 0. The van der Waals surface area contributed by atoms with Crippen LogP contribution in [0.2, 0.25) is 5.15 Å². The SMILES string of the molecule is CSc1nc(Cl)c(C=O)c(N2CC[N+]3(CC2)CC[N+]2(CCNCC2)CC3)n1. The number of hydrogen-bond acceptors (Lipinski definition) is 6. The molecule has 7 nitrogen and oxygen atoms in total. The minimum atomic E-state index is 0.261. The molecule has 4 rings (SSSR count). The van der Waals surface area contributed by atoms with Crippen LogP contribution in [0.4, 0.5) is 5.82 Å². The Kier molecular flexibility index (Phi) is 5.62. The van der Waals surface area contributed by atoms with E-state index >= 15 is 0 Å². The minimum Gasteiger partial charge on any atom is -0.345 e. The summed E-state index contributed by atoms with van der Waals surface area (Å²) in [4.78, 5) is 22.6. The van der Waals surface area contributed by atoms with E-state index in [1.54, 1.807) is 0 Å². The fourth-order valence-electron chi connectivity index (χ4n) is 4.78. The number of aromatic nitrogens is 2. The van der Waals surface area contributed by atoms with Gasteiger partial charge in [0.15, 0.2) is 11.4 Å². The fourth-order valence-corrected chi connectivity index (χ4v) is 5.40. The molecule has 0 unspecified atom stereocenters.